The molecule has 1 saturated heterocycles. The average Bonchev–Trinajstić information content (AvgIpc) is 2.20. The van der Waals surface area contributed by atoms with Gasteiger partial charge in [0.15, 0.2) is 0 Å². The van der Waals surface area contributed by atoms with E-state index in [0.29, 0.717) is 12.1 Å². The monoisotopic (exact) mass is 206 g/mol. The van der Waals surface area contributed by atoms with Gasteiger partial charge in [-0.05, 0) is 32.3 Å². The topological polar surface area (TPSA) is 55.0 Å². The summed E-state index contributed by atoms with van der Waals surface area (Å²) < 4.78 is 0. The number of rotatable bonds is 1. The molecule has 2 atom stereocenters. The first-order valence-electron chi connectivity index (χ1n) is 5.47. The Morgan fingerprint density at radius 2 is 2.07 bits per heavy atom. The zero-order valence-electron chi connectivity index (χ0n) is 9.35. The predicted octanol–water partition coefficient (Wildman–Crippen LogP) is 1.10. The van der Waals surface area contributed by atoms with Crippen LogP contribution in [-0.4, -0.2) is 28.6 Å². The maximum absolute atomic E-state index is 5.92. The van der Waals surface area contributed by atoms with Crippen molar-refractivity contribution in [2.24, 2.45) is 5.73 Å². The molecule has 82 valence electrons. The van der Waals surface area contributed by atoms with Crippen molar-refractivity contribution in [1.29, 1.82) is 0 Å². The molecule has 1 aliphatic heterocycles. The summed E-state index contributed by atoms with van der Waals surface area (Å²) in [6.07, 6.45) is 5.78. The standard InChI is InChI=1S/C11H18N4/c1-8-6-13-11(14-7-8)15-4-3-10(12)5-9(15)2/h6-7,9-10H,3-5,12H2,1-2H3. The van der Waals surface area contributed by atoms with Crippen molar-refractivity contribution in [3.8, 4) is 0 Å². The van der Waals surface area contributed by atoms with Gasteiger partial charge in [0.25, 0.3) is 0 Å². The molecule has 4 nitrogen and oxygen atoms in total. The van der Waals surface area contributed by atoms with Crippen LogP contribution in [0.1, 0.15) is 25.3 Å². The molecule has 1 aliphatic rings. The second kappa shape index (κ2) is 4.14. The summed E-state index contributed by atoms with van der Waals surface area (Å²) in [6, 6.07) is 0.776. The van der Waals surface area contributed by atoms with E-state index in [9.17, 15) is 0 Å². The molecule has 0 radical (unpaired) electrons. The molecule has 15 heavy (non-hydrogen) atoms. The maximum Gasteiger partial charge on any atom is 0.225 e. The molecular weight excluding hydrogens is 188 g/mol. The summed E-state index contributed by atoms with van der Waals surface area (Å²) >= 11 is 0. The van der Waals surface area contributed by atoms with Crippen molar-refractivity contribution < 1.29 is 0 Å². The molecule has 1 aromatic heterocycles. The number of nitrogens with two attached hydrogens (primary N) is 1. The van der Waals surface area contributed by atoms with Crippen molar-refractivity contribution in [3.63, 3.8) is 0 Å². The van der Waals surface area contributed by atoms with Gasteiger partial charge < -0.3 is 10.6 Å². The van der Waals surface area contributed by atoms with E-state index in [1.54, 1.807) is 0 Å². The Kier molecular flexibility index (Phi) is 2.86. The number of aromatic nitrogens is 2. The van der Waals surface area contributed by atoms with E-state index in [0.717, 1.165) is 30.9 Å². The molecule has 0 spiro atoms. The van der Waals surface area contributed by atoms with Gasteiger partial charge in [0, 0.05) is 31.0 Å². The van der Waals surface area contributed by atoms with Crippen LogP contribution in [0.5, 0.6) is 0 Å². The third-order valence-electron chi connectivity index (χ3n) is 2.94. The third kappa shape index (κ3) is 2.26. The van der Waals surface area contributed by atoms with Gasteiger partial charge in [-0.3, -0.25) is 0 Å². The molecule has 0 bridgehead atoms. The first kappa shape index (κ1) is 10.4. The van der Waals surface area contributed by atoms with Crippen LogP contribution in [0.2, 0.25) is 0 Å². The fourth-order valence-corrected chi connectivity index (χ4v) is 2.04. The number of aryl methyl sites for hydroxylation is 1. The SMILES string of the molecule is Cc1cnc(N2CCC(N)CC2C)nc1. The van der Waals surface area contributed by atoms with E-state index in [4.69, 9.17) is 5.73 Å². The highest BCUT2D eigenvalue weighted by molar-refractivity contribution is 5.32. The fourth-order valence-electron chi connectivity index (χ4n) is 2.04. The van der Waals surface area contributed by atoms with Gasteiger partial charge in [-0.25, -0.2) is 9.97 Å². The molecule has 2 heterocycles. The van der Waals surface area contributed by atoms with Crippen molar-refractivity contribution >= 4 is 5.95 Å². The molecule has 0 aliphatic carbocycles. The molecule has 1 fully saturated rings. The van der Waals surface area contributed by atoms with Crippen LogP contribution in [0.15, 0.2) is 12.4 Å². The molecule has 2 rings (SSSR count). The molecule has 2 unspecified atom stereocenters. The number of piperidine rings is 1. The van der Waals surface area contributed by atoms with E-state index < -0.39 is 0 Å². The van der Waals surface area contributed by atoms with Gasteiger partial charge in [-0.15, -0.1) is 0 Å². The van der Waals surface area contributed by atoms with Crippen molar-refractivity contribution in [3.05, 3.63) is 18.0 Å². The van der Waals surface area contributed by atoms with Crippen LogP contribution in [0, 0.1) is 6.92 Å². The minimum atomic E-state index is 0.335. The number of hydrogen-bond acceptors (Lipinski definition) is 4. The summed E-state index contributed by atoms with van der Waals surface area (Å²) in [5.74, 6) is 0.833. The Hall–Kier alpha value is -1.16. The quantitative estimate of drug-likeness (QED) is 0.747. The van der Waals surface area contributed by atoms with E-state index in [1.807, 2.05) is 19.3 Å². The van der Waals surface area contributed by atoms with Crippen molar-refractivity contribution in [1.82, 2.24) is 9.97 Å². The second-order valence-electron chi connectivity index (χ2n) is 4.39. The number of nitrogens with zero attached hydrogens (tertiary/aromatic N) is 3. The van der Waals surface area contributed by atoms with E-state index in [-0.39, 0.29) is 0 Å². The summed E-state index contributed by atoms with van der Waals surface area (Å²) in [7, 11) is 0. The molecule has 1 aromatic rings. The fraction of sp³-hybridized carbons (Fsp3) is 0.636. The number of anilines is 1. The predicted molar refractivity (Wildman–Crippen MR) is 60.8 cm³/mol. The molecular formula is C11H18N4. The lowest BCUT2D eigenvalue weighted by atomic mass is 10.00. The lowest BCUT2D eigenvalue weighted by molar-refractivity contribution is 0.424. The first-order chi connectivity index (χ1) is 7.16. The second-order valence-corrected chi connectivity index (χ2v) is 4.39. The minimum absolute atomic E-state index is 0.335. The zero-order chi connectivity index (χ0) is 10.8. The molecule has 0 aromatic carbocycles. The zero-order valence-corrected chi connectivity index (χ0v) is 9.35. The van der Waals surface area contributed by atoms with Gasteiger partial charge >= 0.3 is 0 Å². The minimum Gasteiger partial charge on any atom is -0.338 e. The van der Waals surface area contributed by atoms with E-state index >= 15 is 0 Å². The van der Waals surface area contributed by atoms with Crippen molar-refractivity contribution in [2.75, 3.05) is 11.4 Å². The van der Waals surface area contributed by atoms with Crippen LogP contribution < -0.4 is 10.6 Å². The Balaban J connectivity index is 2.13. The first-order valence-corrected chi connectivity index (χ1v) is 5.47. The van der Waals surface area contributed by atoms with Crippen LogP contribution in [0.4, 0.5) is 5.95 Å². The Labute approximate surface area is 90.5 Å². The van der Waals surface area contributed by atoms with Crippen molar-refractivity contribution in [2.45, 2.75) is 38.8 Å². The van der Waals surface area contributed by atoms with Gasteiger partial charge in [0.1, 0.15) is 0 Å². The van der Waals surface area contributed by atoms with Crippen LogP contribution in [-0.2, 0) is 0 Å². The van der Waals surface area contributed by atoms with Gasteiger partial charge in [-0.1, -0.05) is 0 Å². The maximum atomic E-state index is 5.92. The summed E-state index contributed by atoms with van der Waals surface area (Å²) in [5, 5.41) is 0. The Bertz CT molecular complexity index is 322. The molecule has 0 saturated carbocycles. The Morgan fingerprint density at radius 3 is 2.67 bits per heavy atom. The van der Waals surface area contributed by atoms with Crippen LogP contribution in [0.3, 0.4) is 0 Å². The van der Waals surface area contributed by atoms with Crippen LogP contribution in [0.25, 0.3) is 0 Å². The Morgan fingerprint density at radius 1 is 1.40 bits per heavy atom. The highest BCUT2D eigenvalue weighted by atomic mass is 15.3. The van der Waals surface area contributed by atoms with Gasteiger partial charge in [0.2, 0.25) is 5.95 Å². The molecule has 2 N–H and O–H groups in total. The van der Waals surface area contributed by atoms with Crippen LogP contribution >= 0.6 is 0 Å². The third-order valence-corrected chi connectivity index (χ3v) is 2.94. The largest absolute Gasteiger partial charge is 0.338 e. The molecule has 0 amide bonds. The smallest absolute Gasteiger partial charge is 0.225 e. The highest BCUT2D eigenvalue weighted by Gasteiger charge is 2.24. The van der Waals surface area contributed by atoms with E-state index in [2.05, 4.69) is 21.8 Å². The summed E-state index contributed by atoms with van der Waals surface area (Å²) in [4.78, 5) is 10.9. The normalized spacial score (nSPS) is 26.7. The van der Waals surface area contributed by atoms with E-state index in [1.165, 1.54) is 0 Å². The lowest BCUT2D eigenvalue weighted by Gasteiger charge is -2.36. The number of hydrogen-bond donors (Lipinski definition) is 1. The highest BCUT2D eigenvalue weighted by Crippen LogP contribution is 2.20. The van der Waals surface area contributed by atoms with Gasteiger partial charge in [-0.2, -0.15) is 0 Å². The lowest BCUT2D eigenvalue weighted by Crippen LogP contribution is -2.46. The molecule has 4 heteroatoms. The summed E-state index contributed by atoms with van der Waals surface area (Å²) in [6.45, 7) is 5.15. The van der Waals surface area contributed by atoms with Gasteiger partial charge in [0.05, 0.1) is 0 Å². The average molecular weight is 206 g/mol. The summed E-state index contributed by atoms with van der Waals surface area (Å²) in [5.41, 5.74) is 7.02.